The number of fused-ring (bicyclic) bond motifs is 1. The van der Waals surface area contributed by atoms with E-state index in [2.05, 4.69) is 12.1 Å². The molecule has 124 valence electrons. The van der Waals surface area contributed by atoms with Gasteiger partial charge in [-0.15, -0.1) is 11.8 Å². The molecule has 1 spiro atoms. The Labute approximate surface area is 152 Å². The van der Waals surface area contributed by atoms with Crippen LogP contribution in [0.25, 0.3) is 0 Å². The fraction of sp³-hybridized carbons (Fsp3) is 0.500. The molecule has 1 fully saturated rings. The molecule has 0 atom stereocenters. The highest BCUT2D eigenvalue weighted by atomic mass is 32.2. The quantitative estimate of drug-likeness (QED) is 0.712. The standard InChI is InChI=1S/C20H18N4S/c1-16(2)14-7-5-6-8-15(14)17(3,4)20(16)19(11-23,12-24)18(9-21,10-22)13-25-20/h5-8H,13H2,1-4H3. The molecule has 2 aliphatic rings. The van der Waals surface area contributed by atoms with Gasteiger partial charge in [-0.1, -0.05) is 52.0 Å². The number of nitrogens with zero attached hydrogens (tertiary/aromatic N) is 4. The van der Waals surface area contributed by atoms with Gasteiger partial charge in [-0.05, 0) is 11.1 Å². The van der Waals surface area contributed by atoms with Crippen molar-refractivity contribution >= 4 is 11.8 Å². The van der Waals surface area contributed by atoms with Crippen molar-refractivity contribution < 1.29 is 0 Å². The van der Waals surface area contributed by atoms with E-state index in [-0.39, 0.29) is 5.75 Å². The molecule has 0 aromatic heterocycles. The zero-order valence-electron chi connectivity index (χ0n) is 14.7. The first-order valence-corrected chi connectivity index (χ1v) is 9.05. The summed E-state index contributed by atoms with van der Waals surface area (Å²) < 4.78 is -0.911. The lowest BCUT2D eigenvalue weighted by molar-refractivity contribution is 0.143. The maximum absolute atomic E-state index is 10.2. The van der Waals surface area contributed by atoms with E-state index in [0.717, 1.165) is 11.1 Å². The second kappa shape index (κ2) is 4.79. The minimum Gasteiger partial charge on any atom is -0.196 e. The Balaban J connectivity index is 2.50. The molecule has 1 saturated heterocycles. The third-order valence-corrected chi connectivity index (χ3v) is 8.76. The minimum absolute atomic E-state index is 0.155. The topological polar surface area (TPSA) is 95.2 Å². The molecule has 0 N–H and O–H groups in total. The molecule has 1 heterocycles. The van der Waals surface area contributed by atoms with Crippen molar-refractivity contribution in [1.29, 1.82) is 21.0 Å². The first-order valence-electron chi connectivity index (χ1n) is 8.07. The van der Waals surface area contributed by atoms with Gasteiger partial charge in [-0.2, -0.15) is 21.0 Å². The van der Waals surface area contributed by atoms with Crippen molar-refractivity contribution in [3.05, 3.63) is 35.4 Å². The predicted octanol–water partition coefficient (Wildman–Crippen LogP) is 3.81. The van der Waals surface area contributed by atoms with E-state index in [9.17, 15) is 21.0 Å². The maximum Gasteiger partial charge on any atom is 0.192 e. The van der Waals surface area contributed by atoms with E-state index >= 15 is 0 Å². The summed E-state index contributed by atoms with van der Waals surface area (Å²) in [5.74, 6) is 0.155. The summed E-state index contributed by atoms with van der Waals surface area (Å²) in [6.45, 7) is 8.12. The number of thioether (sulfide) groups is 1. The summed E-state index contributed by atoms with van der Waals surface area (Å²) in [5, 5.41) is 40.0. The SMILES string of the molecule is CC1(C)c2ccccc2C(C)(C)C12SCC(C#N)(C#N)C2(C#N)C#N. The summed E-state index contributed by atoms with van der Waals surface area (Å²) in [6.07, 6.45) is 0. The highest BCUT2D eigenvalue weighted by molar-refractivity contribution is 8.01. The molecule has 3 rings (SSSR count). The van der Waals surface area contributed by atoms with Crippen molar-refractivity contribution in [1.82, 2.24) is 0 Å². The van der Waals surface area contributed by atoms with Gasteiger partial charge in [-0.25, -0.2) is 0 Å². The second-order valence-electron chi connectivity index (χ2n) is 7.87. The van der Waals surface area contributed by atoms with E-state index in [1.165, 1.54) is 11.8 Å². The van der Waals surface area contributed by atoms with Crippen LogP contribution >= 0.6 is 11.8 Å². The summed E-state index contributed by atoms with van der Waals surface area (Å²) in [5.41, 5.74) is -2.35. The smallest absolute Gasteiger partial charge is 0.192 e. The normalized spacial score (nSPS) is 25.1. The van der Waals surface area contributed by atoms with Gasteiger partial charge in [0.15, 0.2) is 10.8 Å². The van der Waals surface area contributed by atoms with Crippen LogP contribution in [0.15, 0.2) is 24.3 Å². The van der Waals surface area contributed by atoms with Crippen LogP contribution in [0.3, 0.4) is 0 Å². The third-order valence-electron chi connectivity index (χ3n) is 6.42. The molecule has 1 aliphatic heterocycles. The van der Waals surface area contributed by atoms with Gasteiger partial charge < -0.3 is 0 Å². The fourth-order valence-electron chi connectivity index (χ4n) is 5.40. The van der Waals surface area contributed by atoms with Crippen molar-refractivity contribution in [3.8, 4) is 24.3 Å². The molecule has 1 aromatic carbocycles. The lowest BCUT2D eigenvalue weighted by atomic mass is 9.49. The number of hydrogen-bond donors (Lipinski definition) is 0. The predicted molar refractivity (Wildman–Crippen MR) is 95.0 cm³/mol. The molecular weight excluding hydrogens is 328 g/mol. The van der Waals surface area contributed by atoms with Crippen molar-refractivity contribution in [2.45, 2.75) is 43.3 Å². The Hall–Kier alpha value is -2.47. The van der Waals surface area contributed by atoms with Gasteiger partial charge in [0.05, 0.1) is 29.0 Å². The Bertz CT molecular complexity index is 867. The van der Waals surface area contributed by atoms with Crippen LogP contribution < -0.4 is 0 Å². The van der Waals surface area contributed by atoms with Gasteiger partial charge >= 0.3 is 0 Å². The molecule has 0 amide bonds. The first kappa shape index (κ1) is 17.4. The Morgan fingerprint density at radius 1 is 0.800 bits per heavy atom. The number of hydrogen-bond acceptors (Lipinski definition) is 5. The third kappa shape index (κ3) is 1.44. The summed E-state index contributed by atoms with van der Waals surface area (Å²) in [7, 11) is 0. The first-order chi connectivity index (χ1) is 11.7. The molecule has 0 unspecified atom stereocenters. The molecule has 0 saturated carbocycles. The van der Waals surface area contributed by atoms with E-state index in [1.54, 1.807) is 0 Å². The monoisotopic (exact) mass is 346 g/mol. The van der Waals surface area contributed by atoms with Gasteiger partial charge in [-0.3, -0.25) is 0 Å². The highest BCUT2D eigenvalue weighted by Gasteiger charge is 2.82. The zero-order chi connectivity index (χ0) is 18.7. The van der Waals surface area contributed by atoms with E-state index in [4.69, 9.17) is 0 Å². The second-order valence-corrected chi connectivity index (χ2v) is 9.06. The Morgan fingerprint density at radius 2 is 1.24 bits per heavy atom. The minimum atomic E-state index is -1.74. The molecule has 1 aliphatic carbocycles. The number of nitriles is 4. The zero-order valence-corrected chi connectivity index (χ0v) is 15.5. The van der Waals surface area contributed by atoms with Crippen molar-refractivity contribution in [2.75, 3.05) is 5.75 Å². The van der Waals surface area contributed by atoms with Crippen molar-refractivity contribution in [3.63, 3.8) is 0 Å². The summed E-state index contributed by atoms with van der Waals surface area (Å²) >= 11 is 1.44. The molecule has 0 bridgehead atoms. The molecule has 25 heavy (non-hydrogen) atoms. The van der Waals surface area contributed by atoms with Crippen LogP contribution in [-0.2, 0) is 10.8 Å². The molecular formula is C20H18N4S. The Kier molecular flexibility index (Phi) is 3.32. The number of benzene rings is 1. The van der Waals surface area contributed by atoms with Crippen LogP contribution in [0.5, 0.6) is 0 Å². The van der Waals surface area contributed by atoms with Crippen LogP contribution in [0.2, 0.25) is 0 Å². The average molecular weight is 346 g/mol. The Morgan fingerprint density at radius 3 is 1.60 bits per heavy atom. The lowest BCUT2D eigenvalue weighted by Gasteiger charge is -2.52. The van der Waals surface area contributed by atoms with Crippen LogP contribution in [0, 0.1) is 56.2 Å². The van der Waals surface area contributed by atoms with Gasteiger partial charge in [0.1, 0.15) is 0 Å². The molecule has 1 aromatic rings. The maximum atomic E-state index is 10.2. The van der Waals surface area contributed by atoms with Gasteiger partial charge in [0, 0.05) is 16.6 Å². The van der Waals surface area contributed by atoms with Crippen LogP contribution in [0.4, 0.5) is 0 Å². The van der Waals surface area contributed by atoms with Crippen molar-refractivity contribution in [2.24, 2.45) is 10.8 Å². The average Bonchev–Trinajstić information content (AvgIpc) is 3.00. The molecule has 5 heteroatoms. The lowest BCUT2D eigenvalue weighted by Crippen LogP contribution is -2.63. The number of rotatable bonds is 0. The molecule has 4 nitrogen and oxygen atoms in total. The van der Waals surface area contributed by atoms with Gasteiger partial charge in [0.2, 0.25) is 0 Å². The van der Waals surface area contributed by atoms with E-state index in [1.807, 2.05) is 64.1 Å². The fourth-order valence-corrected chi connectivity index (χ4v) is 7.60. The largest absolute Gasteiger partial charge is 0.196 e. The van der Waals surface area contributed by atoms with Crippen LogP contribution in [-0.4, -0.2) is 10.5 Å². The van der Waals surface area contributed by atoms with Gasteiger partial charge in [0.25, 0.3) is 0 Å². The molecule has 0 radical (unpaired) electrons. The summed E-state index contributed by atoms with van der Waals surface area (Å²) in [4.78, 5) is 0. The van der Waals surface area contributed by atoms with E-state index in [0.29, 0.717) is 0 Å². The van der Waals surface area contributed by atoms with E-state index < -0.39 is 26.4 Å². The highest BCUT2D eigenvalue weighted by Crippen LogP contribution is 2.76. The van der Waals surface area contributed by atoms with Crippen LogP contribution in [0.1, 0.15) is 38.8 Å². The summed E-state index contributed by atoms with van der Waals surface area (Å²) in [6, 6.07) is 16.4.